The summed E-state index contributed by atoms with van der Waals surface area (Å²) >= 11 is 1.51. The molecule has 1 saturated heterocycles. The third kappa shape index (κ3) is 1.45. The Morgan fingerprint density at radius 1 is 1.72 bits per heavy atom. The first-order valence-electron chi connectivity index (χ1n) is 5.33. The van der Waals surface area contributed by atoms with Crippen LogP contribution in [0.5, 0.6) is 0 Å². The molecule has 1 aromatic heterocycles. The number of hydrogen-bond acceptors (Lipinski definition) is 5. The molecule has 0 aromatic carbocycles. The molecule has 3 heterocycles. The van der Waals surface area contributed by atoms with Crippen molar-refractivity contribution in [3.63, 3.8) is 0 Å². The van der Waals surface area contributed by atoms with E-state index >= 15 is 0 Å². The fraction of sp³-hybridized carbons (Fsp3) is 0.400. The van der Waals surface area contributed by atoms with Gasteiger partial charge in [-0.1, -0.05) is 0 Å². The van der Waals surface area contributed by atoms with Gasteiger partial charge in [0.05, 0.1) is 22.7 Å². The number of aliphatic carboxylic acids is 1. The van der Waals surface area contributed by atoms with Gasteiger partial charge in [-0.15, -0.1) is 11.8 Å². The van der Waals surface area contributed by atoms with Gasteiger partial charge in [0.25, 0.3) is 0 Å². The average Bonchev–Trinajstić information content (AvgIpc) is 2.80. The maximum absolute atomic E-state index is 11.5. The third-order valence-corrected chi connectivity index (χ3v) is 4.57. The molecule has 3 rings (SSSR count). The zero-order valence-electron chi connectivity index (χ0n) is 9.45. The number of nitrogens with zero attached hydrogens (tertiary/aromatic N) is 3. The second-order valence-corrected chi connectivity index (χ2v) is 5.97. The SMILES string of the molecule is CC1(c2cn[nH]n2)C=C(C(=O)O)N2C(=O)C[C@H]2S1. The van der Waals surface area contributed by atoms with E-state index in [0.717, 1.165) is 0 Å². The molecule has 0 aliphatic carbocycles. The number of H-pyrrole nitrogens is 1. The van der Waals surface area contributed by atoms with Gasteiger partial charge in [-0.3, -0.25) is 9.69 Å². The van der Waals surface area contributed by atoms with Crippen LogP contribution in [0.2, 0.25) is 0 Å². The molecule has 0 radical (unpaired) electrons. The van der Waals surface area contributed by atoms with E-state index in [9.17, 15) is 14.7 Å². The molecule has 0 bridgehead atoms. The van der Waals surface area contributed by atoms with Crippen LogP contribution in [0.4, 0.5) is 0 Å². The zero-order valence-corrected chi connectivity index (χ0v) is 10.3. The number of aromatic nitrogens is 3. The second-order valence-electron chi connectivity index (χ2n) is 4.34. The van der Waals surface area contributed by atoms with Gasteiger partial charge in [0, 0.05) is 0 Å². The van der Waals surface area contributed by atoms with Gasteiger partial charge in [0.1, 0.15) is 11.4 Å². The standard InChI is InChI=1S/C10H10N4O3S/c1-10(6-4-11-13-12-6)3-5(9(16)17)14-7(15)2-8(14)18-10/h3-4,8H,2H2,1H3,(H,16,17)(H,11,12,13)/t8-,10?/m1/s1. The quantitative estimate of drug-likeness (QED) is 0.747. The van der Waals surface area contributed by atoms with Crippen molar-refractivity contribution in [1.29, 1.82) is 0 Å². The Morgan fingerprint density at radius 2 is 2.50 bits per heavy atom. The number of thioether (sulfide) groups is 1. The van der Waals surface area contributed by atoms with Crippen molar-refractivity contribution in [2.45, 2.75) is 23.5 Å². The van der Waals surface area contributed by atoms with Crippen LogP contribution in [0.1, 0.15) is 19.0 Å². The summed E-state index contributed by atoms with van der Waals surface area (Å²) in [6.45, 7) is 1.87. The molecule has 1 amide bonds. The number of hydrogen-bond donors (Lipinski definition) is 2. The first kappa shape index (κ1) is 11.3. The minimum absolute atomic E-state index is 0.0282. The minimum Gasteiger partial charge on any atom is -0.477 e. The number of aromatic amines is 1. The molecule has 8 heteroatoms. The molecule has 2 aliphatic rings. The van der Waals surface area contributed by atoms with E-state index in [0.29, 0.717) is 12.1 Å². The van der Waals surface area contributed by atoms with Crippen molar-refractivity contribution < 1.29 is 14.7 Å². The summed E-state index contributed by atoms with van der Waals surface area (Å²) in [6, 6.07) is 0. The molecule has 18 heavy (non-hydrogen) atoms. The lowest BCUT2D eigenvalue weighted by Crippen LogP contribution is -2.55. The van der Waals surface area contributed by atoms with Crippen molar-refractivity contribution in [3.8, 4) is 0 Å². The number of fused-ring (bicyclic) bond motifs is 1. The number of carboxylic acids is 1. The zero-order chi connectivity index (χ0) is 12.9. The van der Waals surface area contributed by atoms with Crippen molar-refractivity contribution in [2.24, 2.45) is 0 Å². The largest absolute Gasteiger partial charge is 0.477 e. The van der Waals surface area contributed by atoms with E-state index in [2.05, 4.69) is 15.4 Å². The molecular formula is C10H10N4O3S. The topological polar surface area (TPSA) is 99.2 Å². The van der Waals surface area contributed by atoms with Crippen LogP contribution in [0.3, 0.4) is 0 Å². The number of nitrogens with one attached hydrogen (secondary N) is 1. The number of carbonyl (C=O) groups excluding carboxylic acids is 1. The van der Waals surface area contributed by atoms with Gasteiger partial charge in [-0.05, 0) is 13.0 Å². The average molecular weight is 266 g/mol. The molecule has 94 valence electrons. The molecule has 1 unspecified atom stereocenters. The molecule has 7 nitrogen and oxygen atoms in total. The highest BCUT2D eigenvalue weighted by Gasteiger charge is 2.50. The Bertz CT molecular complexity index is 555. The number of carbonyl (C=O) groups is 2. The Balaban J connectivity index is 2.06. The first-order chi connectivity index (χ1) is 8.51. The second kappa shape index (κ2) is 3.58. The van der Waals surface area contributed by atoms with E-state index in [-0.39, 0.29) is 17.0 Å². The molecule has 1 fully saturated rings. The maximum atomic E-state index is 11.5. The van der Waals surface area contributed by atoms with Crippen LogP contribution >= 0.6 is 11.8 Å². The van der Waals surface area contributed by atoms with Gasteiger partial charge in [-0.25, -0.2) is 4.79 Å². The molecule has 2 aliphatic heterocycles. The van der Waals surface area contributed by atoms with Crippen LogP contribution in [0.15, 0.2) is 18.0 Å². The predicted octanol–water partition coefficient (Wildman–Crippen LogP) is 0.294. The van der Waals surface area contributed by atoms with Crippen LogP contribution in [-0.2, 0) is 14.3 Å². The van der Waals surface area contributed by atoms with Gasteiger partial charge in [-0.2, -0.15) is 15.4 Å². The Hall–Kier alpha value is -1.83. The maximum Gasteiger partial charge on any atom is 0.352 e. The Morgan fingerprint density at radius 3 is 3.06 bits per heavy atom. The summed E-state index contributed by atoms with van der Waals surface area (Å²) < 4.78 is -0.581. The Labute approximate surface area is 106 Å². The lowest BCUT2D eigenvalue weighted by molar-refractivity contribution is -0.146. The minimum atomic E-state index is -1.09. The first-order valence-corrected chi connectivity index (χ1v) is 6.21. The lowest BCUT2D eigenvalue weighted by Gasteiger charge is -2.47. The molecule has 2 N–H and O–H groups in total. The van der Waals surface area contributed by atoms with E-state index < -0.39 is 10.7 Å². The molecule has 0 saturated carbocycles. The van der Waals surface area contributed by atoms with E-state index in [1.807, 2.05) is 6.92 Å². The summed E-state index contributed by atoms with van der Waals surface area (Å²) in [6.07, 6.45) is 3.49. The van der Waals surface area contributed by atoms with Crippen molar-refractivity contribution in [2.75, 3.05) is 0 Å². The monoisotopic (exact) mass is 266 g/mol. The predicted molar refractivity (Wildman–Crippen MR) is 62.3 cm³/mol. The normalized spacial score (nSPS) is 30.5. The van der Waals surface area contributed by atoms with Crippen LogP contribution in [0.25, 0.3) is 0 Å². The van der Waals surface area contributed by atoms with Gasteiger partial charge in [0.2, 0.25) is 5.91 Å². The summed E-state index contributed by atoms with van der Waals surface area (Å²) in [4.78, 5) is 24.0. The lowest BCUT2D eigenvalue weighted by atomic mass is 10.0. The van der Waals surface area contributed by atoms with E-state index in [4.69, 9.17) is 0 Å². The Kier molecular flexibility index (Phi) is 2.24. The summed E-state index contributed by atoms with van der Waals surface area (Å²) in [7, 11) is 0. The third-order valence-electron chi connectivity index (χ3n) is 3.10. The number of rotatable bonds is 2. The highest BCUT2D eigenvalue weighted by Crippen LogP contribution is 2.50. The van der Waals surface area contributed by atoms with Gasteiger partial charge >= 0.3 is 5.97 Å². The molecule has 0 spiro atoms. The molecule has 2 atom stereocenters. The molecular weight excluding hydrogens is 256 g/mol. The van der Waals surface area contributed by atoms with Crippen LogP contribution in [0, 0.1) is 0 Å². The number of β-lactam (4-membered cyclic amide) rings is 1. The fourth-order valence-corrected chi connectivity index (χ4v) is 3.68. The number of amides is 1. The summed E-state index contributed by atoms with van der Waals surface area (Å²) in [5.74, 6) is -1.24. The number of carboxylic acid groups (broad SMARTS) is 1. The van der Waals surface area contributed by atoms with Gasteiger partial charge < -0.3 is 5.11 Å². The van der Waals surface area contributed by atoms with Gasteiger partial charge in [0.15, 0.2) is 0 Å². The summed E-state index contributed by atoms with van der Waals surface area (Å²) in [5, 5.41) is 19.3. The molecule has 1 aromatic rings. The van der Waals surface area contributed by atoms with Crippen LogP contribution < -0.4 is 0 Å². The van der Waals surface area contributed by atoms with E-state index in [1.54, 1.807) is 12.3 Å². The van der Waals surface area contributed by atoms with Crippen LogP contribution in [-0.4, -0.2) is 42.7 Å². The van der Waals surface area contributed by atoms with Crippen molar-refractivity contribution in [3.05, 3.63) is 23.7 Å². The van der Waals surface area contributed by atoms with E-state index in [1.165, 1.54) is 16.7 Å². The van der Waals surface area contributed by atoms with Crippen molar-refractivity contribution in [1.82, 2.24) is 20.3 Å². The van der Waals surface area contributed by atoms with Crippen molar-refractivity contribution >= 4 is 23.6 Å². The fourth-order valence-electron chi connectivity index (χ4n) is 2.16. The highest BCUT2D eigenvalue weighted by molar-refractivity contribution is 8.01. The summed E-state index contributed by atoms with van der Waals surface area (Å²) in [5.41, 5.74) is 0.686. The highest BCUT2D eigenvalue weighted by atomic mass is 32.2. The smallest absolute Gasteiger partial charge is 0.352 e.